The molecule has 0 saturated carbocycles. The number of nitrogens with zero attached hydrogens (tertiary/aromatic N) is 3. The number of thioether (sulfide) groups is 1. The molecule has 0 unspecified atom stereocenters. The summed E-state index contributed by atoms with van der Waals surface area (Å²) in [5.74, 6) is -2.64. The lowest BCUT2D eigenvalue weighted by Crippen LogP contribution is -2.25. The van der Waals surface area contributed by atoms with Crippen molar-refractivity contribution in [2.75, 3.05) is 18.5 Å². The number of aliphatic hydroxyl groups excluding tert-OH is 1. The van der Waals surface area contributed by atoms with E-state index in [1.165, 1.54) is 12.1 Å². The summed E-state index contributed by atoms with van der Waals surface area (Å²) in [5, 5.41) is 12.4. The predicted molar refractivity (Wildman–Crippen MR) is 110 cm³/mol. The summed E-state index contributed by atoms with van der Waals surface area (Å²) in [6.45, 7) is 3.11. The number of carbonyl (C=O) groups is 1. The summed E-state index contributed by atoms with van der Waals surface area (Å²) in [4.78, 5) is 39.3. The first-order valence-corrected chi connectivity index (χ1v) is 10.2. The third kappa shape index (κ3) is 5.14. The van der Waals surface area contributed by atoms with Gasteiger partial charge in [-0.1, -0.05) is 23.9 Å². The van der Waals surface area contributed by atoms with Crippen molar-refractivity contribution < 1.29 is 23.4 Å². The Morgan fingerprint density at radius 3 is 2.81 bits per heavy atom. The van der Waals surface area contributed by atoms with Crippen LogP contribution in [0.25, 0.3) is 11.2 Å². The molecule has 0 aliphatic rings. The van der Waals surface area contributed by atoms with Crippen LogP contribution in [-0.2, 0) is 10.5 Å². The molecule has 0 radical (unpaired) electrons. The highest BCUT2D eigenvalue weighted by Crippen LogP contribution is 2.26. The van der Waals surface area contributed by atoms with Crippen molar-refractivity contribution in [3.05, 3.63) is 51.4 Å². The van der Waals surface area contributed by atoms with E-state index in [-0.39, 0.29) is 46.7 Å². The number of ether oxygens (including phenoxy) is 1. The van der Waals surface area contributed by atoms with Gasteiger partial charge in [0, 0.05) is 17.4 Å². The Kier molecular flexibility index (Phi) is 7.13. The number of aromatic amines is 1. The first kappa shape index (κ1) is 22.6. The molecular weight excluding hydrogens is 432 g/mol. The van der Waals surface area contributed by atoms with Gasteiger partial charge in [0.1, 0.15) is 5.52 Å². The summed E-state index contributed by atoms with van der Waals surface area (Å²) in [5.41, 5.74) is -1.01. The number of aromatic nitrogens is 4. The summed E-state index contributed by atoms with van der Waals surface area (Å²) in [6, 6.07) is 3.42. The topological polar surface area (TPSA) is 130 Å². The fraction of sp³-hybridized carbons (Fsp3) is 0.316. The number of rotatable bonds is 8. The highest BCUT2D eigenvalue weighted by Gasteiger charge is 2.20. The number of fused-ring (bicyclic) bond motifs is 1. The number of halogens is 2. The molecule has 3 N–H and O–H groups in total. The molecule has 2 heterocycles. The molecule has 0 aliphatic heterocycles. The molecule has 31 heavy (non-hydrogen) atoms. The Morgan fingerprint density at radius 1 is 1.32 bits per heavy atom. The smallest absolute Gasteiger partial charge is 0.362 e. The van der Waals surface area contributed by atoms with E-state index in [1.54, 1.807) is 13.8 Å². The largest absolute Gasteiger partial charge is 0.461 e. The van der Waals surface area contributed by atoms with Crippen LogP contribution < -0.4 is 10.9 Å². The molecule has 164 valence electrons. The van der Waals surface area contributed by atoms with Gasteiger partial charge in [-0.3, -0.25) is 4.79 Å². The van der Waals surface area contributed by atoms with Gasteiger partial charge in [-0.05, 0) is 19.9 Å². The molecular formula is C19H19F2N5O4S. The molecule has 0 saturated heterocycles. The second-order valence-corrected chi connectivity index (χ2v) is 7.36. The second-order valence-electron chi connectivity index (χ2n) is 6.42. The Morgan fingerprint density at radius 2 is 2.10 bits per heavy atom. The molecule has 0 fully saturated rings. The zero-order valence-corrected chi connectivity index (χ0v) is 17.4. The highest BCUT2D eigenvalue weighted by atomic mass is 32.2. The summed E-state index contributed by atoms with van der Waals surface area (Å²) in [7, 11) is 0. The Labute approximate surface area is 179 Å². The number of aliphatic hydroxyl groups is 1. The van der Waals surface area contributed by atoms with E-state index in [0.717, 1.165) is 17.8 Å². The van der Waals surface area contributed by atoms with E-state index >= 15 is 0 Å². The number of anilines is 1. The van der Waals surface area contributed by atoms with Crippen molar-refractivity contribution in [1.29, 1.82) is 0 Å². The first-order valence-electron chi connectivity index (χ1n) is 9.26. The average molecular weight is 451 g/mol. The van der Waals surface area contributed by atoms with Gasteiger partial charge in [0.25, 0.3) is 5.56 Å². The lowest BCUT2D eigenvalue weighted by atomic mass is 10.2. The summed E-state index contributed by atoms with van der Waals surface area (Å²) in [6.07, 6.45) is 0. The van der Waals surface area contributed by atoms with Crippen molar-refractivity contribution in [1.82, 2.24) is 19.9 Å². The maximum atomic E-state index is 13.9. The molecule has 1 atom stereocenters. The van der Waals surface area contributed by atoms with E-state index in [1.807, 2.05) is 0 Å². The number of H-pyrrole nitrogens is 1. The van der Waals surface area contributed by atoms with Gasteiger partial charge in [0.2, 0.25) is 5.69 Å². The molecule has 3 aromatic rings. The van der Waals surface area contributed by atoms with Crippen molar-refractivity contribution >= 4 is 34.7 Å². The predicted octanol–water partition coefficient (Wildman–Crippen LogP) is 2.25. The monoisotopic (exact) mass is 451 g/mol. The fourth-order valence-electron chi connectivity index (χ4n) is 2.54. The summed E-state index contributed by atoms with van der Waals surface area (Å²) >= 11 is 1.01. The molecule has 0 spiro atoms. The Hall–Kier alpha value is -3.12. The number of esters is 1. The van der Waals surface area contributed by atoms with Crippen LogP contribution in [0.1, 0.15) is 29.9 Å². The molecule has 3 rings (SSSR count). The second kappa shape index (κ2) is 9.79. The minimum absolute atomic E-state index is 0.0304. The normalized spacial score (nSPS) is 12.0. The van der Waals surface area contributed by atoms with E-state index in [4.69, 9.17) is 4.74 Å². The van der Waals surface area contributed by atoms with E-state index in [2.05, 4.69) is 25.3 Å². The van der Waals surface area contributed by atoms with Crippen molar-refractivity contribution in [3.63, 3.8) is 0 Å². The first-order chi connectivity index (χ1) is 14.8. The Balaban J connectivity index is 2.03. The van der Waals surface area contributed by atoms with Crippen LogP contribution >= 0.6 is 11.8 Å². The van der Waals surface area contributed by atoms with Crippen molar-refractivity contribution in [3.8, 4) is 0 Å². The molecule has 0 amide bonds. The van der Waals surface area contributed by atoms with Gasteiger partial charge in [-0.15, -0.1) is 0 Å². The van der Waals surface area contributed by atoms with Crippen LogP contribution in [0.5, 0.6) is 0 Å². The third-order valence-corrected chi connectivity index (χ3v) is 4.94. The van der Waals surface area contributed by atoms with Crippen LogP contribution in [0.2, 0.25) is 0 Å². The maximum absolute atomic E-state index is 13.9. The van der Waals surface area contributed by atoms with Gasteiger partial charge in [0.15, 0.2) is 28.3 Å². The highest BCUT2D eigenvalue weighted by molar-refractivity contribution is 7.98. The molecule has 2 aromatic heterocycles. The van der Waals surface area contributed by atoms with Gasteiger partial charge in [-0.2, -0.15) is 0 Å². The van der Waals surface area contributed by atoms with Crippen molar-refractivity contribution in [2.45, 2.75) is 30.8 Å². The molecule has 0 aliphatic carbocycles. The SMILES string of the molecule is CCOC(=O)c1nc2c(N[C@H](C)CO)nc(SCc3cccc(F)c3F)nc2[nH]c1=O. The van der Waals surface area contributed by atoms with E-state index < -0.39 is 34.9 Å². The van der Waals surface area contributed by atoms with Gasteiger partial charge in [-0.25, -0.2) is 28.5 Å². The molecule has 9 nitrogen and oxygen atoms in total. The zero-order valence-electron chi connectivity index (χ0n) is 16.6. The standard InChI is InChI=1S/C19H19F2N5O4S/c1-3-30-18(29)14-17(28)24-16-13(23-14)15(22-9(2)7-27)25-19(26-16)31-8-10-5-4-6-11(20)12(10)21/h4-6,9,27H,3,7-8H2,1-2H3,(H2,22,24,25,26,28)/t9-/m1/s1. The Bertz CT molecular complexity index is 1170. The number of benzene rings is 1. The van der Waals surface area contributed by atoms with Gasteiger partial charge in [0.05, 0.1) is 13.2 Å². The molecule has 1 aromatic carbocycles. The number of hydrogen-bond donors (Lipinski definition) is 3. The van der Waals surface area contributed by atoms with Crippen LogP contribution in [0.3, 0.4) is 0 Å². The summed E-state index contributed by atoms with van der Waals surface area (Å²) < 4.78 is 32.2. The minimum atomic E-state index is -0.961. The fourth-order valence-corrected chi connectivity index (χ4v) is 3.36. The zero-order chi connectivity index (χ0) is 22.5. The van der Waals surface area contributed by atoms with Crippen LogP contribution in [0.15, 0.2) is 28.2 Å². The molecule has 12 heteroatoms. The lowest BCUT2D eigenvalue weighted by Gasteiger charge is -2.14. The lowest BCUT2D eigenvalue weighted by molar-refractivity contribution is 0.0517. The number of hydrogen-bond acceptors (Lipinski definition) is 9. The third-order valence-electron chi connectivity index (χ3n) is 4.05. The van der Waals surface area contributed by atoms with Crippen LogP contribution in [0.4, 0.5) is 14.6 Å². The number of nitrogens with one attached hydrogen (secondary N) is 2. The van der Waals surface area contributed by atoms with Crippen LogP contribution in [0, 0.1) is 11.6 Å². The quantitative estimate of drug-likeness (QED) is 0.268. The average Bonchev–Trinajstić information content (AvgIpc) is 2.74. The van der Waals surface area contributed by atoms with Gasteiger partial charge >= 0.3 is 5.97 Å². The minimum Gasteiger partial charge on any atom is -0.461 e. The van der Waals surface area contributed by atoms with Gasteiger partial charge < -0.3 is 20.1 Å². The van der Waals surface area contributed by atoms with E-state index in [9.17, 15) is 23.5 Å². The molecule has 0 bridgehead atoms. The van der Waals surface area contributed by atoms with E-state index in [0.29, 0.717) is 0 Å². The maximum Gasteiger partial charge on any atom is 0.362 e. The van der Waals surface area contributed by atoms with Crippen molar-refractivity contribution in [2.24, 2.45) is 0 Å². The number of carbonyl (C=O) groups excluding carboxylic acids is 1. The van der Waals surface area contributed by atoms with Crippen LogP contribution in [-0.4, -0.2) is 50.3 Å².